The minimum absolute atomic E-state index is 0.144. The van der Waals surface area contributed by atoms with E-state index in [0.29, 0.717) is 5.92 Å². The summed E-state index contributed by atoms with van der Waals surface area (Å²) in [4.78, 5) is 12.3. The van der Waals surface area contributed by atoms with Gasteiger partial charge in [0.15, 0.2) is 0 Å². The summed E-state index contributed by atoms with van der Waals surface area (Å²) in [6.45, 7) is 3.90. The normalized spacial score (nSPS) is 12.2. The first-order chi connectivity index (χ1) is 14.3. The first-order valence-corrected chi connectivity index (χ1v) is 11.1. The summed E-state index contributed by atoms with van der Waals surface area (Å²) in [7, 11) is -2.42. The summed E-state index contributed by atoms with van der Waals surface area (Å²) in [5, 5.41) is 5.69. The van der Waals surface area contributed by atoms with Crippen LogP contribution in [0.1, 0.15) is 30.9 Å². The van der Waals surface area contributed by atoms with Crippen LogP contribution in [0, 0.1) is 0 Å². The third kappa shape index (κ3) is 5.11. The monoisotopic (exact) mass is 423 g/mol. The van der Waals surface area contributed by atoms with Gasteiger partial charge in [-0.2, -0.15) is 9.41 Å². The molecule has 0 aromatic heterocycles. The fraction of sp³-hybridized carbons (Fsp3) is 0.217. The lowest BCUT2D eigenvalue weighted by Crippen LogP contribution is -2.36. The lowest BCUT2D eigenvalue weighted by molar-refractivity contribution is -0.121. The van der Waals surface area contributed by atoms with Gasteiger partial charge in [-0.05, 0) is 39.9 Å². The van der Waals surface area contributed by atoms with Crippen LogP contribution in [0.3, 0.4) is 0 Å². The van der Waals surface area contributed by atoms with Gasteiger partial charge in [0, 0.05) is 7.05 Å². The third-order valence-corrected chi connectivity index (χ3v) is 6.60. The van der Waals surface area contributed by atoms with Gasteiger partial charge in [0.05, 0.1) is 17.7 Å². The quantitative estimate of drug-likeness (QED) is 0.464. The number of amides is 1. The Labute approximate surface area is 177 Å². The van der Waals surface area contributed by atoms with Gasteiger partial charge in [0.25, 0.3) is 5.91 Å². The molecule has 0 unspecified atom stereocenters. The van der Waals surface area contributed by atoms with Crippen LogP contribution in [0.4, 0.5) is 0 Å². The van der Waals surface area contributed by atoms with Gasteiger partial charge < -0.3 is 0 Å². The summed E-state index contributed by atoms with van der Waals surface area (Å²) in [6.07, 6.45) is 1.53. The van der Waals surface area contributed by atoms with Gasteiger partial charge in [0.1, 0.15) is 0 Å². The molecule has 0 heterocycles. The second-order valence-electron chi connectivity index (χ2n) is 7.38. The zero-order valence-corrected chi connectivity index (χ0v) is 18.1. The number of carbonyl (C=O) groups excluding carboxylic acids is 1. The molecular formula is C23H25N3O3S. The van der Waals surface area contributed by atoms with E-state index in [4.69, 9.17) is 0 Å². The molecule has 1 amide bonds. The highest BCUT2D eigenvalue weighted by Crippen LogP contribution is 2.21. The van der Waals surface area contributed by atoms with Crippen molar-refractivity contribution in [3.63, 3.8) is 0 Å². The number of benzene rings is 3. The second-order valence-corrected chi connectivity index (χ2v) is 9.43. The predicted molar refractivity (Wildman–Crippen MR) is 120 cm³/mol. The Morgan fingerprint density at radius 3 is 2.37 bits per heavy atom. The third-order valence-electron chi connectivity index (χ3n) is 4.80. The Kier molecular flexibility index (Phi) is 6.64. The SMILES string of the molecule is CC(C)c1ccc(/C=N/NC(=O)CN(C)S(=O)(=O)c2ccc3ccccc3c2)cc1. The van der Waals surface area contributed by atoms with Crippen LogP contribution in [0.5, 0.6) is 0 Å². The molecule has 0 bridgehead atoms. The van der Waals surface area contributed by atoms with Crippen molar-refractivity contribution in [2.75, 3.05) is 13.6 Å². The van der Waals surface area contributed by atoms with E-state index in [1.54, 1.807) is 18.2 Å². The van der Waals surface area contributed by atoms with E-state index < -0.39 is 15.9 Å². The Bertz CT molecular complexity index is 1170. The molecule has 3 aromatic rings. The van der Waals surface area contributed by atoms with Gasteiger partial charge in [-0.1, -0.05) is 68.4 Å². The highest BCUT2D eigenvalue weighted by Gasteiger charge is 2.23. The molecule has 0 spiro atoms. The lowest BCUT2D eigenvalue weighted by Gasteiger charge is -2.16. The van der Waals surface area contributed by atoms with Crippen molar-refractivity contribution in [1.29, 1.82) is 0 Å². The van der Waals surface area contributed by atoms with E-state index in [1.165, 1.54) is 18.8 Å². The molecule has 0 atom stereocenters. The number of hydrogen-bond donors (Lipinski definition) is 1. The highest BCUT2D eigenvalue weighted by molar-refractivity contribution is 7.89. The Morgan fingerprint density at radius 1 is 1.03 bits per heavy atom. The van der Waals surface area contributed by atoms with Crippen molar-refractivity contribution >= 4 is 32.9 Å². The van der Waals surface area contributed by atoms with Crippen molar-refractivity contribution in [3.05, 3.63) is 77.9 Å². The maximum absolute atomic E-state index is 12.8. The summed E-state index contributed by atoms with van der Waals surface area (Å²) in [5.74, 6) is -0.0762. The zero-order chi connectivity index (χ0) is 21.7. The zero-order valence-electron chi connectivity index (χ0n) is 17.2. The molecule has 30 heavy (non-hydrogen) atoms. The van der Waals surface area contributed by atoms with Gasteiger partial charge in [0.2, 0.25) is 10.0 Å². The molecule has 0 saturated carbocycles. The van der Waals surface area contributed by atoms with Crippen molar-refractivity contribution in [2.24, 2.45) is 5.10 Å². The van der Waals surface area contributed by atoms with Gasteiger partial charge in [-0.3, -0.25) is 4.79 Å². The van der Waals surface area contributed by atoms with E-state index in [2.05, 4.69) is 24.4 Å². The second kappa shape index (κ2) is 9.19. The number of hydrogen-bond acceptors (Lipinski definition) is 4. The van der Waals surface area contributed by atoms with Crippen LogP contribution < -0.4 is 5.43 Å². The predicted octanol–water partition coefficient (Wildman–Crippen LogP) is 3.73. The first kappa shape index (κ1) is 21.7. The van der Waals surface area contributed by atoms with Crippen molar-refractivity contribution in [2.45, 2.75) is 24.7 Å². The van der Waals surface area contributed by atoms with E-state index in [1.807, 2.05) is 48.5 Å². The average Bonchev–Trinajstić information content (AvgIpc) is 2.73. The van der Waals surface area contributed by atoms with Crippen LogP contribution in [-0.4, -0.2) is 38.4 Å². The lowest BCUT2D eigenvalue weighted by atomic mass is 10.0. The van der Waals surface area contributed by atoms with E-state index in [9.17, 15) is 13.2 Å². The maximum atomic E-state index is 12.8. The topological polar surface area (TPSA) is 78.8 Å². The Morgan fingerprint density at radius 2 is 1.70 bits per heavy atom. The van der Waals surface area contributed by atoms with Crippen molar-refractivity contribution < 1.29 is 13.2 Å². The molecule has 7 heteroatoms. The molecule has 0 radical (unpaired) electrons. The van der Waals surface area contributed by atoms with E-state index >= 15 is 0 Å². The fourth-order valence-electron chi connectivity index (χ4n) is 2.98. The summed E-state index contributed by atoms with van der Waals surface area (Å²) in [5.41, 5.74) is 4.44. The smallest absolute Gasteiger partial charge is 0.255 e. The Balaban J connectivity index is 1.62. The number of nitrogens with one attached hydrogen (secondary N) is 1. The number of fused-ring (bicyclic) bond motifs is 1. The molecule has 156 valence electrons. The van der Waals surface area contributed by atoms with Crippen molar-refractivity contribution in [3.8, 4) is 0 Å². The molecule has 3 rings (SSSR count). The molecule has 0 aliphatic carbocycles. The average molecular weight is 424 g/mol. The van der Waals surface area contributed by atoms with Gasteiger partial charge >= 0.3 is 0 Å². The molecule has 0 fully saturated rings. The Hall–Kier alpha value is -3.03. The number of sulfonamides is 1. The van der Waals surface area contributed by atoms with Crippen LogP contribution in [0.2, 0.25) is 0 Å². The van der Waals surface area contributed by atoms with Crippen molar-refractivity contribution in [1.82, 2.24) is 9.73 Å². The minimum atomic E-state index is -3.80. The fourth-order valence-corrected chi connectivity index (χ4v) is 4.14. The number of carbonyl (C=O) groups is 1. The molecule has 6 nitrogen and oxygen atoms in total. The van der Waals surface area contributed by atoms with Crippen LogP contribution in [0.15, 0.2) is 76.7 Å². The maximum Gasteiger partial charge on any atom is 0.255 e. The standard InChI is InChI=1S/C23H25N3O3S/c1-17(2)19-10-8-18(9-11-19)15-24-25-23(27)16-26(3)30(28,29)22-13-12-20-6-4-5-7-21(20)14-22/h4-15,17H,16H2,1-3H3,(H,25,27)/b24-15+. The van der Waals surface area contributed by atoms with Gasteiger partial charge in [-0.25, -0.2) is 13.8 Å². The van der Waals surface area contributed by atoms with Gasteiger partial charge in [-0.15, -0.1) is 0 Å². The summed E-state index contributed by atoms with van der Waals surface area (Å²) < 4.78 is 26.6. The van der Waals surface area contributed by atoms with E-state index in [-0.39, 0.29) is 11.4 Å². The summed E-state index contributed by atoms with van der Waals surface area (Å²) >= 11 is 0. The molecule has 1 N–H and O–H groups in total. The molecule has 0 aliphatic rings. The molecule has 0 saturated heterocycles. The summed E-state index contributed by atoms with van der Waals surface area (Å²) in [6, 6.07) is 20.3. The number of rotatable bonds is 7. The molecule has 3 aromatic carbocycles. The van der Waals surface area contributed by atoms with Crippen LogP contribution in [0.25, 0.3) is 10.8 Å². The number of nitrogens with zero attached hydrogens (tertiary/aromatic N) is 2. The molecular weight excluding hydrogens is 398 g/mol. The first-order valence-electron chi connectivity index (χ1n) is 9.64. The van der Waals surface area contributed by atoms with Crippen LogP contribution >= 0.6 is 0 Å². The largest absolute Gasteiger partial charge is 0.272 e. The van der Waals surface area contributed by atoms with E-state index in [0.717, 1.165) is 20.6 Å². The van der Waals surface area contributed by atoms with Crippen LogP contribution in [-0.2, 0) is 14.8 Å². The minimum Gasteiger partial charge on any atom is -0.272 e. The molecule has 0 aliphatic heterocycles. The number of hydrazone groups is 1. The highest BCUT2D eigenvalue weighted by atomic mass is 32.2. The number of likely N-dealkylation sites (N-methyl/N-ethyl adjacent to an activating group) is 1.